The zero-order valence-electron chi connectivity index (χ0n) is 12.6. The molecule has 0 bridgehead atoms. The minimum atomic E-state index is 0.392. The second-order valence-corrected chi connectivity index (χ2v) is 5.69. The number of anilines is 2. The lowest BCUT2D eigenvalue weighted by Gasteiger charge is -2.35. The molecular formula is C15H25N3O2. The third-order valence-corrected chi connectivity index (χ3v) is 3.29. The van der Waals surface area contributed by atoms with Gasteiger partial charge in [0.25, 0.3) is 0 Å². The van der Waals surface area contributed by atoms with Gasteiger partial charge in [-0.3, -0.25) is 0 Å². The first-order chi connectivity index (χ1) is 9.58. The van der Waals surface area contributed by atoms with E-state index in [9.17, 15) is 0 Å². The number of nitrogens with two attached hydrogens (primary N) is 1. The van der Waals surface area contributed by atoms with Gasteiger partial charge in [-0.1, -0.05) is 13.8 Å². The standard InChI is InChI=1S/C15H25N3O2/c1-4-19-12-7-11(8-12)17-14-6-5-13(16)15(18-14)20-9-10(2)3/h5-6,10-12H,4,7-9,16H2,1-3H3,(H,17,18). The number of aromatic nitrogens is 1. The topological polar surface area (TPSA) is 69.4 Å². The zero-order valence-corrected chi connectivity index (χ0v) is 12.6. The van der Waals surface area contributed by atoms with Gasteiger partial charge in [-0.15, -0.1) is 0 Å². The maximum Gasteiger partial charge on any atom is 0.239 e. The van der Waals surface area contributed by atoms with Crippen molar-refractivity contribution in [1.82, 2.24) is 4.98 Å². The molecule has 1 fully saturated rings. The van der Waals surface area contributed by atoms with Crippen molar-refractivity contribution >= 4 is 11.5 Å². The van der Waals surface area contributed by atoms with Crippen molar-refractivity contribution in [3.8, 4) is 5.88 Å². The average molecular weight is 279 g/mol. The Kier molecular flexibility index (Phi) is 5.06. The number of pyridine rings is 1. The Morgan fingerprint density at radius 2 is 2.15 bits per heavy atom. The van der Waals surface area contributed by atoms with Crippen LogP contribution in [0.25, 0.3) is 0 Å². The quantitative estimate of drug-likeness (QED) is 0.803. The molecule has 5 nitrogen and oxygen atoms in total. The molecule has 1 aliphatic carbocycles. The maximum absolute atomic E-state index is 5.88. The summed E-state index contributed by atoms with van der Waals surface area (Å²) in [7, 11) is 0. The highest BCUT2D eigenvalue weighted by Crippen LogP contribution is 2.28. The van der Waals surface area contributed by atoms with Crippen molar-refractivity contribution in [2.45, 2.75) is 45.8 Å². The van der Waals surface area contributed by atoms with Crippen molar-refractivity contribution < 1.29 is 9.47 Å². The molecule has 0 aliphatic heterocycles. The largest absolute Gasteiger partial charge is 0.476 e. The van der Waals surface area contributed by atoms with E-state index in [2.05, 4.69) is 24.1 Å². The fourth-order valence-corrected chi connectivity index (χ4v) is 2.16. The molecule has 1 aliphatic rings. The average Bonchev–Trinajstić information content (AvgIpc) is 2.36. The number of nitrogens with zero attached hydrogens (tertiary/aromatic N) is 1. The maximum atomic E-state index is 5.88. The monoisotopic (exact) mass is 279 g/mol. The van der Waals surface area contributed by atoms with Gasteiger partial charge in [0.05, 0.1) is 18.4 Å². The fraction of sp³-hybridized carbons (Fsp3) is 0.667. The van der Waals surface area contributed by atoms with Gasteiger partial charge >= 0.3 is 0 Å². The number of rotatable bonds is 7. The van der Waals surface area contributed by atoms with Crippen LogP contribution in [0, 0.1) is 5.92 Å². The molecule has 0 amide bonds. The molecule has 5 heteroatoms. The molecule has 1 aromatic heterocycles. The van der Waals surface area contributed by atoms with Gasteiger partial charge in [-0.2, -0.15) is 4.98 Å². The Morgan fingerprint density at radius 1 is 1.40 bits per heavy atom. The summed E-state index contributed by atoms with van der Waals surface area (Å²) in [6.07, 6.45) is 2.45. The van der Waals surface area contributed by atoms with Gasteiger partial charge in [0.1, 0.15) is 5.82 Å². The molecule has 0 aromatic carbocycles. The molecule has 0 atom stereocenters. The van der Waals surface area contributed by atoms with Crippen LogP contribution in [0.4, 0.5) is 11.5 Å². The van der Waals surface area contributed by atoms with Gasteiger partial charge in [-0.05, 0) is 37.8 Å². The SMILES string of the molecule is CCOC1CC(Nc2ccc(N)c(OCC(C)C)n2)C1. The lowest BCUT2D eigenvalue weighted by atomic mass is 9.89. The Bertz CT molecular complexity index is 431. The van der Waals surface area contributed by atoms with Crippen LogP contribution >= 0.6 is 0 Å². The number of nitrogens with one attached hydrogen (secondary N) is 1. The highest BCUT2D eigenvalue weighted by molar-refractivity contribution is 5.54. The van der Waals surface area contributed by atoms with E-state index in [1.54, 1.807) is 0 Å². The molecule has 2 rings (SSSR count). The molecule has 1 heterocycles. The highest BCUT2D eigenvalue weighted by atomic mass is 16.5. The first kappa shape index (κ1) is 14.9. The molecule has 1 aromatic rings. The van der Waals surface area contributed by atoms with Crippen LogP contribution in [0.15, 0.2) is 12.1 Å². The van der Waals surface area contributed by atoms with Crippen molar-refractivity contribution in [1.29, 1.82) is 0 Å². The van der Waals surface area contributed by atoms with Crippen LogP contribution in [0.3, 0.4) is 0 Å². The van der Waals surface area contributed by atoms with E-state index in [0.29, 0.717) is 36.2 Å². The van der Waals surface area contributed by atoms with Crippen LogP contribution < -0.4 is 15.8 Å². The van der Waals surface area contributed by atoms with Crippen molar-refractivity contribution in [3.05, 3.63) is 12.1 Å². The summed E-state index contributed by atoms with van der Waals surface area (Å²) in [5.41, 5.74) is 6.46. The normalized spacial score (nSPS) is 21.6. The summed E-state index contributed by atoms with van der Waals surface area (Å²) in [4.78, 5) is 4.44. The molecule has 112 valence electrons. The van der Waals surface area contributed by atoms with Crippen molar-refractivity contribution in [3.63, 3.8) is 0 Å². The number of hydrogen-bond donors (Lipinski definition) is 2. The summed E-state index contributed by atoms with van der Waals surface area (Å²) < 4.78 is 11.2. The van der Waals surface area contributed by atoms with Gasteiger partial charge < -0.3 is 20.5 Å². The summed E-state index contributed by atoms with van der Waals surface area (Å²) in [6.45, 7) is 7.63. The third-order valence-electron chi connectivity index (χ3n) is 3.29. The zero-order chi connectivity index (χ0) is 14.5. The summed E-state index contributed by atoms with van der Waals surface area (Å²) >= 11 is 0. The van der Waals surface area contributed by atoms with Crippen LogP contribution in [-0.2, 0) is 4.74 Å². The minimum absolute atomic E-state index is 0.392. The van der Waals surface area contributed by atoms with Crippen LogP contribution in [0.2, 0.25) is 0 Å². The Morgan fingerprint density at radius 3 is 2.80 bits per heavy atom. The fourth-order valence-electron chi connectivity index (χ4n) is 2.16. The van der Waals surface area contributed by atoms with Crippen molar-refractivity contribution in [2.24, 2.45) is 5.92 Å². The number of ether oxygens (including phenoxy) is 2. The van der Waals surface area contributed by atoms with E-state index >= 15 is 0 Å². The molecular weight excluding hydrogens is 254 g/mol. The summed E-state index contributed by atoms with van der Waals surface area (Å²) in [6, 6.07) is 4.16. The van der Waals surface area contributed by atoms with Gasteiger partial charge in [0.15, 0.2) is 0 Å². The van der Waals surface area contributed by atoms with Crippen LogP contribution in [0.5, 0.6) is 5.88 Å². The second-order valence-electron chi connectivity index (χ2n) is 5.69. The van der Waals surface area contributed by atoms with Gasteiger partial charge in [-0.25, -0.2) is 0 Å². The van der Waals surface area contributed by atoms with E-state index in [1.165, 1.54) is 0 Å². The van der Waals surface area contributed by atoms with Gasteiger partial charge in [0.2, 0.25) is 5.88 Å². The van der Waals surface area contributed by atoms with Gasteiger partial charge in [0, 0.05) is 12.6 Å². The first-order valence-corrected chi connectivity index (χ1v) is 7.36. The first-order valence-electron chi connectivity index (χ1n) is 7.36. The molecule has 3 N–H and O–H groups in total. The smallest absolute Gasteiger partial charge is 0.239 e. The Labute approximate surface area is 120 Å². The Hall–Kier alpha value is -1.49. The third kappa shape index (κ3) is 4.00. The number of nitrogen functional groups attached to an aromatic ring is 1. The van der Waals surface area contributed by atoms with Crippen LogP contribution in [-0.4, -0.2) is 30.3 Å². The predicted molar refractivity (Wildman–Crippen MR) is 81.0 cm³/mol. The predicted octanol–water partition coefficient (Wildman–Crippen LogP) is 2.68. The van der Waals surface area contributed by atoms with E-state index in [0.717, 1.165) is 25.3 Å². The van der Waals surface area contributed by atoms with E-state index in [1.807, 2.05) is 19.1 Å². The lowest BCUT2D eigenvalue weighted by molar-refractivity contribution is 0.00292. The molecule has 0 spiro atoms. The summed E-state index contributed by atoms with van der Waals surface area (Å²) in [5.74, 6) is 1.79. The summed E-state index contributed by atoms with van der Waals surface area (Å²) in [5, 5.41) is 3.40. The molecule has 0 radical (unpaired) electrons. The van der Waals surface area contributed by atoms with E-state index in [4.69, 9.17) is 15.2 Å². The molecule has 0 unspecified atom stereocenters. The van der Waals surface area contributed by atoms with E-state index in [-0.39, 0.29) is 0 Å². The molecule has 0 saturated heterocycles. The van der Waals surface area contributed by atoms with Crippen LogP contribution in [0.1, 0.15) is 33.6 Å². The molecule has 20 heavy (non-hydrogen) atoms. The van der Waals surface area contributed by atoms with Crippen molar-refractivity contribution in [2.75, 3.05) is 24.3 Å². The second kappa shape index (κ2) is 6.79. The molecule has 1 saturated carbocycles. The lowest BCUT2D eigenvalue weighted by Crippen LogP contribution is -2.41. The minimum Gasteiger partial charge on any atom is -0.476 e. The Balaban J connectivity index is 1.88. The van der Waals surface area contributed by atoms with E-state index < -0.39 is 0 Å². The number of hydrogen-bond acceptors (Lipinski definition) is 5. The highest BCUT2D eigenvalue weighted by Gasteiger charge is 2.29.